The second-order valence-corrected chi connectivity index (χ2v) is 6.45. The molecule has 0 saturated carbocycles. The molecule has 0 aliphatic heterocycles. The zero-order valence-corrected chi connectivity index (χ0v) is 18.5. The van der Waals surface area contributed by atoms with E-state index in [9.17, 15) is 0 Å². The van der Waals surface area contributed by atoms with Crippen molar-refractivity contribution in [3.63, 3.8) is 0 Å². The van der Waals surface area contributed by atoms with Gasteiger partial charge in [-0.25, -0.2) is 0 Å². The Balaban J connectivity index is 0.00000312. The summed E-state index contributed by atoms with van der Waals surface area (Å²) in [6, 6.07) is 8.05. The molecule has 0 amide bonds. The van der Waals surface area contributed by atoms with E-state index in [0.29, 0.717) is 6.54 Å². The number of aryl methyl sites for hydroxylation is 2. The van der Waals surface area contributed by atoms with Crippen LogP contribution in [0, 0.1) is 13.8 Å². The molecule has 0 aliphatic rings. The van der Waals surface area contributed by atoms with Gasteiger partial charge in [-0.2, -0.15) is 5.10 Å². The minimum Gasteiger partial charge on any atom is -0.354 e. The molecule has 0 saturated heterocycles. The van der Waals surface area contributed by atoms with Crippen LogP contribution < -0.4 is 10.6 Å². The van der Waals surface area contributed by atoms with Crippen LogP contribution in [0.5, 0.6) is 0 Å². The van der Waals surface area contributed by atoms with Crippen molar-refractivity contribution in [3.05, 3.63) is 51.8 Å². The number of halogens is 2. The predicted octanol–water partition coefficient (Wildman–Crippen LogP) is 3.60. The van der Waals surface area contributed by atoms with Gasteiger partial charge in [0.2, 0.25) is 0 Å². The van der Waals surface area contributed by atoms with E-state index in [2.05, 4.69) is 41.5 Å². The number of rotatable bonds is 5. The van der Waals surface area contributed by atoms with Crippen molar-refractivity contribution in [1.82, 2.24) is 20.4 Å². The smallest absolute Gasteiger partial charge is 0.191 e. The molecule has 25 heavy (non-hydrogen) atoms. The number of aromatic nitrogens is 2. The third-order valence-electron chi connectivity index (χ3n) is 4.18. The highest BCUT2D eigenvalue weighted by atomic mass is 127. The minimum atomic E-state index is 0. The molecule has 138 valence electrons. The van der Waals surface area contributed by atoms with Gasteiger partial charge < -0.3 is 10.6 Å². The molecule has 1 aromatic carbocycles. The van der Waals surface area contributed by atoms with Crippen molar-refractivity contribution in [2.75, 3.05) is 7.05 Å². The third-order valence-corrected chi connectivity index (χ3v) is 4.55. The Hall–Kier alpha value is -1.28. The van der Waals surface area contributed by atoms with Gasteiger partial charge in [0.15, 0.2) is 5.96 Å². The van der Waals surface area contributed by atoms with Gasteiger partial charge in [-0.15, -0.1) is 24.0 Å². The first-order valence-electron chi connectivity index (χ1n) is 8.12. The molecule has 0 aliphatic carbocycles. The highest BCUT2D eigenvalue weighted by molar-refractivity contribution is 14.0. The fourth-order valence-corrected chi connectivity index (χ4v) is 2.92. The van der Waals surface area contributed by atoms with E-state index in [1.165, 1.54) is 11.3 Å². The summed E-state index contributed by atoms with van der Waals surface area (Å²) in [6.07, 6.45) is 0.901. The number of benzene rings is 1. The van der Waals surface area contributed by atoms with Crippen LogP contribution in [0.25, 0.3) is 0 Å². The Kier molecular flexibility index (Phi) is 8.71. The van der Waals surface area contributed by atoms with Gasteiger partial charge in [-0.3, -0.25) is 9.67 Å². The number of aliphatic imine (C=N–C) groups is 1. The summed E-state index contributed by atoms with van der Waals surface area (Å²) in [5.41, 5.74) is 4.63. The number of hydrogen-bond donors (Lipinski definition) is 2. The average Bonchev–Trinajstić information content (AvgIpc) is 2.79. The lowest BCUT2D eigenvalue weighted by molar-refractivity contribution is 0.635. The molecular weight excluding hydrogens is 449 g/mol. The van der Waals surface area contributed by atoms with E-state index < -0.39 is 0 Å². The second-order valence-electron chi connectivity index (χ2n) is 6.04. The number of nitrogens with zero attached hydrogens (tertiary/aromatic N) is 3. The fraction of sp³-hybridized carbons (Fsp3) is 0.444. The first kappa shape index (κ1) is 21.8. The first-order chi connectivity index (χ1) is 11.4. The Labute approximate surface area is 172 Å². The molecule has 2 aromatic rings. The SMILES string of the molecule is CN=C(NCc1ccccc1Cl)NC(C)Cc1c(C)nn(C)c1C.I. The predicted molar refractivity (Wildman–Crippen MR) is 116 cm³/mol. The molecule has 0 fully saturated rings. The van der Waals surface area contributed by atoms with Crippen molar-refractivity contribution < 1.29 is 0 Å². The largest absolute Gasteiger partial charge is 0.354 e. The van der Waals surface area contributed by atoms with Crippen molar-refractivity contribution in [2.45, 2.75) is 39.8 Å². The summed E-state index contributed by atoms with van der Waals surface area (Å²) in [7, 11) is 3.75. The normalized spacial score (nSPS) is 12.5. The van der Waals surface area contributed by atoms with Gasteiger partial charge in [0.1, 0.15) is 0 Å². The maximum Gasteiger partial charge on any atom is 0.191 e. The van der Waals surface area contributed by atoms with Crippen LogP contribution in [0.2, 0.25) is 5.02 Å². The zero-order chi connectivity index (χ0) is 17.7. The van der Waals surface area contributed by atoms with Gasteiger partial charge in [-0.1, -0.05) is 29.8 Å². The van der Waals surface area contributed by atoms with E-state index in [0.717, 1.165) is 28.7 Å². The molecular formula is C18H27ClIN5. The van der Waals surface area contributed by atoms with Crippen molar-refractivity contribution in [3.8, 4) is 0 Å². The van der Waals surface area contributed by atoms with Gasteiger partial charge >= 0.3 is 0 Å². The van der Waals surface area contributed by atoms with Crippen molar-refractivity contribution in [2.24, 2.45) is 12.0 Å². The van der Waals surface area contributed by atoms with Crippen LogP contribution in [-0.2, 0) is 20.0 Å². The highest BCUT2D eigenvalue weighted by Gasteiger charge is 2.14. The van der Waals surface area contributed by atoms with Gasteiger partial charge in [0.05, 0.1) is 5.69 Å². The lowest BCUT2D eigenvalue weighted by Crippen LogP contribution is -2.42. The first-order valence-corrected chi connectivity index (χ1v) is 8.49. The van der Waals surface area contributed by atoms with Crippen LogP contribution in [0.15, 0.2) is 29.3 Å². The van der Waals surface area contributed by atoms with E-state index in [1.54, 1.807) is 7.05 Å². The molecule has 2 N–H and O–H groups in total. The van der Waals surface area contributed by atoms with Gasteiger partial charge in [-0.05, 0) is 44.4 Å². The maximum absolute atomic E-state index is 6.19. The number of hydrogen-bond acceptors (Lipinski definition) is 2. The summed E-state index contributed by atoms with van der Waals surface area (Å²) >= 11 is 6.19. The standard InChI is InChI=1S/C18H26ClN5.HI/c1-12(10-16-13(2)23-24(5)14(16)3)22-18(20-4)21-11-15-8-6-7-9-17(15)19;/h6-9,12H,10-11H2,1-5H3,(H2,20,21,22);1H. The summed E-state index contributed by atoms with van der Waals surface area (Å²) < 4.78 is 1.93. The van der Waals surface area contributed by atoms with E-state index in [-0.39, 0.29) is 30.0 Å². The molecule has 1 heterocycles. The van der Waals surface area contributed by atoms with Crippen LogP contribution >= 0.6 is 35.6 Å². The van der Waals surface area contributed by atoms with E-state index in [4.69, 9.17) is 11.6 Å². The molecule has 1 aromatic heterocycles. The number of guanidine groups is 1. The summed E-state index contributed by atoms with van der Waals surface area (Å²) in [5, 5.41) is 12.0. The summed E-state index contributed by atoms with van der Waals surface area (Å²) in [4.78, 5) is 4.29. The van der Waals surface area contributed by atoms with Crippen LogP contribution in [0.1, 0.15) is 29.4 Å². The Morgan fingerprint density at radius 1 is 1.32 bits per heavy atom. The molecule has 1 unspecified atom stereocenters. The van der Waals surface area contributed by atoms with E-state index >= 15 is 0 Å². The zero-order valence-electron chi connectivity index (χ0n) is 15.4. The van der Waals surface area contributed by atoms with Gasteiger partial charge in [0.25, 0.3) is 0 Å². The highest BCUT2D eigenvalue weighted by Crippen LogP contribution is 2.15. The molecule has 1 atom stereocenters. The lowest BCUT2D eigenvalue weighted by atomic mass is 10.1. The van der Waals surface area contributed by atoms with Crippen LogP contribution in [0.4, 0.5) is 0 Å². The maximum atomic E-state index is 6.19. The number of nitrogens with one attached hydrogen (secondary N) is 2. The second kappa shape index (κ2) is 10.0. The molecule has 7 heteroatoms. The quantitative estimate of drug-likeness (QED) is 0.395. The Morgan fingerprint density at radius 2 is 2.00 bits per heavy atom. The third kappa shape index (κ3) is 5.88. The van der Waals surface area contributed by atoms with Crippen molar-refractivity contribution >= 4 is 41.5 Å². The van der Waals surface area contributed by atoms with E-state index in [1.807, 2.05) is 36.0 Å². The summed E-state index contributed by atoms with van der Waals surface area (Å²) in [5.74, 6) is 0.765. The monoisotopic (exact) mass is 475 g/mol. The molecule has 0 spiro atoms. The van der Waals surface area contributed by atoms with Gasteiger partial charge in [0, 0.05) is 37.4 Å². The van der Waals surface area contributed by atoms with Crippen LogP contribution in [-0.4, -0.2) is 28.8 Å². The molecule has 2 rings (SSSR count). The Morgan fingerprint density at radius 3 is 2.56 bits per heavy atom. The van der Waals surface area contributed by atoms with Crippen LogP contribution in [0.3, 0.4) is 0 Å². The molecule has 5 nitrogen and oxygen atoms in total. The summed E-state index contributed by atoms with van der Waals surface area (Å²) in [6.45, 7) is 6.94. The van der Waals surface area contributed by atoms with Crippen molar-refractivity contribution in [1.29, 1.82) is 0 Å². The average molecular weight is 476 g/mol. The fourth-order valence-electron chi connectivity index (χ4n) is 2.72. The lowest BCUT2D eigenvalue weighted by Gasteiger charge is -2.18. The topological polar surface area (TPSA) is 54.2 Å². The molecule has 0 radical (unpaired) electrons. The minimum absolute atomic E-state index is 0. The molecule has 0 bridgehead atoms. The Bertz CT molecular complexity index is 726.